The highest BCUT2D eigenvalue weighted by Crippen LogP contribution is 2.54. The molecule has 1 heterocycles. The molecule has 86 valence electrons. The lowest BCUT2D eigenvalue weighted by Crippen LogP contribution is -2.17. The Balaban J connectivity index is 2.04. The molecule has 0 aromatic heterocycles. The average Bonchev–Trinajstić information content (AvgIpc) is 3.07. The number of halogens is 1. The summed E-state index contributed by atoms with van der Waals surface area (Å²) in [5.74, 6) is 2.69. The molecule has 1 fully saturated rings. The number of hydrogen-bond acceptors (Lipinski definition) is 3. The fraction of sp³-hybridized carbons (Fsp3) is 0.308. The molecular weight excluding hydrogens is 235 g/mol. The Morgan fingerprint density at radius 2 is 2.35 bits per heavy atom. The zero-order valence-corrected chi connectivity index (χ0v) is 9.88. The Labute approximate surface area is 103 Å². The predicted octanol–water partition coefficient (Wildman–Crippen LogP) is 2.30. The van der Waals surface area contributed by atoms with Crippen molar-refractivity contribution in [3.05, 3.63) is 35.1 Å². The Morgan fingerprint density at radius 3 is 3.12 bits per heavy atom. The maximum atomic E-state index is 13.8. The first-order chi connectivity index (χ1) is 8.19. The number of thioether (sulfide) groups is 1. The SMILES string of the molecule is C#Cc1ccc(F)c(C2N=C(N)SC3CC32)c1. The predicted molar refractivity (Wildman–Crippen MR) is 68.2 cm³/mol. The Kier molecular flexibility index (Phi) is 2.37. The second-order valence-corrected chi connectivity index (χ2v) is 5.61. The lowest BCUT2D eigenvalue weighted by Gasteiger charge is -2.18. The van der Waals surface area contributed by atoms with E-state index in [1.54, 1.807) is 23.9 Å². The van der Waals surface area contributed by atoms with Gasteiger partial charge in [-0.1, -0.05) is 17.7 Å². The monoisotopic (exact) mass is 246 g/mol. The van der Waals surface area contributed by atoms with Gasteiger partial charge in [0.25, 0.3) is 0 Å². The minimum absolute atomic E-state index is 0.158. The molecule has 2 nitrogen and oxygen atoms in total. The van der Waals surface area contributed by atoms with Gasteiger partial charge < -0.3 is 5.73 Å². The minimum atomic E-state index is -0.247. The Bertz CT molecular complexity index is 547. The fourth-order valence-electron chi connectivity index (χ4n) is 2.24. The number of terminal acetylenes is 1. The van der Waals surface area contributed by atoms with Gasteiger partial charge in [-0.05, 0) is 30.5 Å². The van der Waals surface area contributed by atoms with Crippen LogP contribution in [0.1, 0.15) is 23.6 Å². The molecule has 1 aromatic rings. The summed E-state index contributed by atoms with van der Waals surface area (Å²) in [6.45, 7) is 0. The van der Waals surface area contributed by atoms with Crippen LogP contribution in [0.4, 0.5) is 4.39 Å². The van der Waals surface area contributed by atoms with E-state index in [1.807, 2.05) is 0 Å². The van der Waals surface area contributed by atoms with Crippen molar-refractivity contribution < 1.29 is 4.39 Å². The van der Waals surface area contributed by atoms with Gasteiger partial charge in [-0.15, -0.1) is 6.42 Å². The van der Waals surface area contributed by atoms with Crippen LogP contribution in [0.2, 0.25) is 0 Å². The van der Waals surface area contributed by atoms with Crippen molar-refractivity contribution in [1.29, 1.82) is 0 Å². The number of benzene rings is 1. The van der Waals surface area contributed by atoms with Gasteiger partial charge in [-0.2, -0.15) is 0 Å². The number of nitrogens with zero attached hydrogens (tertiary/aromatic N) is 1. The highest BCUT2D eigenvalue weighted by Gasteiger charge is 2.48. The molecule has 3 unspecified atom stereocenters. The lowest BCUT2D eigenvalue weighted by atomic mass is 10.00. The first kappa shape index (κ1) is 10.7. The quantitative estimate of drug-likeness (QED) is 0.772. The zero-order valence-electron chi connectivity index (χ0n) is 9.06. The van der Waals surface area contributed by atoms with Gasteiger partial charge in [-0.25, -0.2) is 4.39 Å². The summed E-state index contributed by atoms with van der Waals surface area (Å²) < 4.78 is 13.8. The summed E-state index contributed by atoms with van der Waals surface area (Å²) in [6.07, 6.45) is 6.39. The van der Waals surface area contributed by atoms with Gasteiger partial charge in [0, 0.05) is 16.4 Å². The van der Waals surface area contributed by atoms with Gasteiger partial charge in [-0.3, -0.25) is 4.99 Å². The number of aliphatic imine (C=N–C) groups is 1. The largest absolute Gasteiger partial charge is 0.379 e. The van der Waals surface area contributed by atoms with Gasteiger partial charge in [0.2, 0.25) is 0 Å². The van der Waals surface area contributed by atoms with Crippen molar-refractivity contribution in [1.82, 2.24) is 0 Å². The van der Waals surface area contributed by atoms with Crippen molar-refractivity contribution in [2.24, 2.45) is 16.6 Å². The van der Waals surface area contributed by atoms with Crippen LogP contribution in [0.15, 0.2) is 23.2 Å². The molecule has 0 bridgehead atoms. The van der Waals surface area contributed by atoms with E-state index in [4.69, 9.17) is 12.2 Å². The van der Waals surface area contributed by atoms with Crippen molar-refractivity contribution >= 4 is 16.9 Å². The minimum Gasteiger partial charge on any atom is -0.379 e. The van der Waals surface area contributed by atoms with E-state index < -0.39 is 0 Å². The van der Waals surface area contributed by atoms with E-state index in [0.29, 0.717) is 27.5 Å². The van der Waals surface area contributed by atoms with Crippen LogP contribution >= 0.6 is 11.8 Å². The average molecular weight is 246 g/mol. The van der Waals surface area contributed by atoms with Crippen LogP contribution < -0.4 is 5.73 Å². The van der Waals surface area contributed by atoms with Gasteiger partial charge in [0.15, 0.2) is 5.17 Å². The van der Waals surface area contributed by atoms with E-state index >= 15 is 0 Å². The molecule has 3 atom stereocenters. The molecule has 1 aliphatic heterocycles. The summed E-state index contributed by atoms with van der Waals surface area (Å²) in [7, 11) is 0. The Hall–Kier alpha value is -1.47. The standard InChI is InChI=1S/C13H11FN2S/c1-2-7-3-4-10(14)8(5-7)12-9-6-11(9)17-13(15)16-12/h1,3-5,9,11-12H,6H2,(H2,15,16). The van der Waals surface area contributed by atoms with Crippen molar-refractivity contribution in [2.45, 2.75) is 17.7 Å². The summed E-state index contributed by atoms with van der Waals surface area (Å²) in [6, 6.07) is 4.57. The molecular formula is C13H11FN2S. The first-order valence-electron chi connectivity index (χ1n) is 5.45. The van der Waals surface area contributed by atoms with E-state index in [2.05, 4.69) is 10.9 Å². The van der Waals surface area contributed by atoms with Crippen LogP contribution in [0.3, 0.4) is 0 Å². The maximum Gasteiger partial charge on any atom is 0.154 e. The Morgan fingerprint density at radius 1 is 1.53 bits per heavy atom. The van der Waals surface area contributed by atoms with Crippen molar-refractivity contribution in [3.63, 3.8) is 0 Å². The molecule has 3 rings (SSSR count). The van der Waals surface area contributed by atoms with Crippen LogP contribution in [-0.4, -0.2) is 10.4 Å². The lowest BCUT2D eigenvalue weighted by molar-refractivity contribution is 0.555. The smallest absolute Gasteiger partial charge is 0.154 e. The molecule has 0 spiro atoms. The van der Waals surface area contributed by atoms with Crippen LogP contribution in [0, 0.1) is 24.1 Å². The van der Waals surface area contributed by atoms with Gasteiger partial charge >= 0.3 is 0 Å². The van der Waals surface area contributed by atoms with E-state index in [9.17, 15) is 4.39 Å². The highest BCUT2D eigenvalue weighted by atomic mass is 32.2. The molecule has 4 heteroatoms. The molecule has 1 aromatic carbocycles. The van der Waals surface area contributed by atoms with Crippen molar-refractivity contribution in [2.75, 3.05) is 0 Å². The van der Waals surface area contributed by atoms with E-state index in [-0.39, 0.29) is 11.9 Å². The molecule has 17 heavy (non-hydrogen) atoms. The summed E-state index contributed by atoms with van der Waals surface area (Å²) >= 11 is 1.59. The van der Waals surface area contributed by atoms with Crippen LogP contribution in [-0.2, 0) is 0 Å². The number of amidine groups is 1. The number of hydrogen-bond donors (Lipinski definition) is 1. The zero-order chi connectivity index (χ0) is 12.0. The summed E-state index contributed by atoms with van der Waals surface area (Å²) in [5.41, 5.74) is 7.02. The topological polar surface area (TPSA) is 38.4 Å². The molecule has 1 saturated carbocycles. The molecule has 1 aliphatic carbocycles. The molecule has 0 amide bonds. The second-order valence-electron chi connectivity index (χ2n) is 4.35. The van der Waals surface area contributed by atoms with E-state index in [0.717, 1.165) is 6.42 Å². The van der Waals surface area contributed by atoms with Crippen molar-refractivity contribution in [3.8, 4) is 12.3 Å². The fourth-order valence-corrected chi connectivity index (χ4v) is 3.36. The van der Waals surface area contributed by atoms with Gasteiger partial charge in [0.05, 0.1) is 6.04 Å². The second kappa shape index (κ2) is 3.78. The maximum absolute atomic E-state index is 13.8. The third kappa shape index (κ3) is 1.81. The summed E-state index contributed by atoms with van der Waals surface area (Å²) in [5, 5.41) is 1.06. The number of nitrogens with two attached hydrogens (primary N) is 1. The summed E-state index contributed by atoms with van der Waals surface area (Å²) in [4.78, 5) is 4.36. The number of fused-ring (bicyclic) bond motifs is 1. The third-order valence-electron chi connectivity index (χ3n) is 3.20. The van der Waals surface area contributed by atoms with E-state index in [1.165, 1.54) is 6.07 Å². The van der Waals surface area contributed by atoms with Gasteiger partial charge in [0.1, 0.15) is 5.82 Å². The normalized spacial score (nSPS) is 30.1. The highest BCUT2D eigenvalue weighted by molar-refractivity contribution is 8.14. The molecule has 2 N–H and O–H groups in total. The van der Waals surface area contributed by atoms with Crippen LogP contribution in [0.25, 0.3) is 0 Å². The molecule has 0 radical (unpaired) electrons. The number of rotatable bonds is 1. The first-order valence-corrected chi connectivity index (χ1v) is 6.33. The molecule has 0 saturated heterocycles. The van der Waals surface area contributed by atoms with Crippen LogP contribution in [0.5, 0.6) is 0 Å². The molecule has 2 aliphatic rings. The third-order valence-corrected chi connectivity index (χ3v) is 4.40.